The van der Waals surface area contributed by atoms with E-state index in [1.54, 1.807) is 0 Å². The van der Waals surface area contributed by atoms with E-state index >= 15 is 0 Å². The molecule has 1 atom stereocenters. The van der Waals surface area contributed by atoms with Crippen molar-refractivity contribution in [3.63, 3.8) is 0 Å². The standard InChI is InChI=1S/C27H29N3O2/c1-21-9-8-14-24(17-21)28-26(31)18-25-27(32)30(20-23-12-6-3-7-13-23)16-15-29(25)19-22-10-4-2-5-11-22/h2-14,17,25H,15-16,18-20H2,1H3,(H,28,31)/t25-/m1/s1. The zero-order chi connectivity index (χ0) is 22.3. The summed E-state index contributed by atoms with van der Waals surface area (Å²) in [5.74, 6) is -0.135. The average Bonchev–Trinajstić information content (AvgIpc) is 2.79. The molecule has 3 aromatic rings. The predicted octanol–water partition coefficient (Wildman–Crippen LogP) is 4.24. The summed E-state index contributed by atoms with van der Waals surface area (Å²) in [6, 6.07) is 27.3. The Morgan fingerprint density at radius 2 is 1.53 bits per heavy atom. The van der Waals surface area contributed by atoms with Crippen LogP contribution < -0.4 is 5.32 Å². The first-order valence-corrected chi connectivity index (χ1v) is 11.1. The van der Waals surface area contributed by atoms with Gasteiger partial charge in [-0.3, -0.25) is 14.5 Å². The highest BCUT2D eigenvalue weighted by molar-refractivity contribution is 5.95. The highest BCUT2D eigenvalue weighted by Crippen LogP contribution is 2.21. The van der Waals surface area contributed by atoms with E-state index < -0.39 is 6.04 Å². The van der Waals surface area contributed by atoms with Crippen LogP contribution in [0.25, 0.3) is 0 Å². The third-order valence-electron chi connectivity index (χ3n) is 5.82. The third kappa shape index (κ3) is 5.62. The monoisotopic (exact) mass is 427 g/mol. The Morgan fingerprint density at radius 1 is 0.875 bits per heavy atom. The van der Waals surface area contributed by atoms with E-state index in [-0.39, 0.29) is 18.2 Å². The molecule has 0 spiro atoms. The number of hydrogen-bond donors (Lipinski definition) is 1. The fourth-order valence-electron chi connectivity index (χ4n) is 4.18. The van der Waals surface area contributed by atoms with Crippen molar-refractivity contribution in [2.45, 2.75) is 32.5 Å². The predicted molar refractivity (Wildman–Crippen MR) is 127 cm³/mol. The normalized spacial score (nSPS) is 16.7. The second-order valence-corrected chi connectivity index (χ2v) is 8.34. The van der Waals surface area contributed by atoms with Crippen LogP contribution in [-0.2, 0) is 22.7 Å². The summed E-state index contributed by atoms with van der Waals surface area (Å²) in [5.41, 5.74) is 4.08. The zero-order valence-electron chi connectivity index (χ0n) is 18.4. The van der Waals surface area contributed by atoms with Crippen molar-refractivity contribution in [3.05, 3.63) is 102 Å². The minimum atomic E-state index is -0.488. The number of amides is 2. The van der Waals surface area contributed by atoms with E-state index in [0.29, 0.717) is 19.6 Å². The van der Waals surface area contributed by atoms with Crippen molar-refractivity contribution < 1.29 is 9.59 Å². The Hall–Kier alpha value is -3.44. The van der Waals surface area contributed by atoms with Gasteiger partial charge in [-0.2, -0.15) is 0 Å². The number of rotatable bonds is 7. The van der Waals surface area contributed by atoms with E-state index in [9.17, 15) is 9.59 Å². The number of anilines is 1. The maximum Gasteiger partial charge on any atom is 0.240 e. The number of piperazine rings is 1. The van der Waals surface area contributed by atoms with Gasteiger partial charge >= 0.3 is 0 Å². The van der Waals surface area contributed by atoms with Crippen molar-refractivity contribution >= 4 is 17.5 Å². The topological polar surface area (TPSA) is 52.7 Å². The summed E-state index contributed by atoms with van der Waals surface area (Å²) >= 11 is 0. The van der Waals surface area contributed by atoms with Gasteiger partial charge in [-0.25, -0.2) is 0 Å². The maximum absolute atomic E-state index is 13.5. The van der Waals surface area contributed by atoms with Crippen LogP contribution in [0.3, 0.4) is 0 Å². The van der Waals surface area contributed by atoms with Gasteiger partial charge in [0.05, 0.1) is 12.5 Å². The molecule has 32 heavy (non-hydrogen) atoms. The van der Waals surface area contributed by atoms with Crippen LogP contribution in [0.4, 0.5) is 5.69 Å². The van der Waals surface area contributed by atoms with Crippen molar-refractivity contribution in [2.24, 2.45) is 0 Å². The van der Waals surface area contributed by atoms with Gasteiger partial charge in [0, 0.05) is 31.9 Å². The molecule has 1 heterocycles. The maximum atomic E-state index is 13.5. The molecule has 3 aromatic carbocycles. The fraction of sp³-hybridized carbons (Fsp3) is 0.259. The van der Waals surface area contributed by atoms with E-state index in [1.165, 1.54) is 0 Å². The lowest BCUT2D eigenvalue weighted by Gasteiger charge is -2.40. The Balaban J connectivity index is 1.50. The molecule has 0 unspecified atom stereocenters. The summed E-state index contributed by atoms with van der Waals surface area (Å²) < 4.78 is 0. The number of nitrogens with one attached hydrogen (secondary N) is 1. The van der Waals surface area contributed by atoms with Crippen LogP contribution in [0.15, 0.2) is 84.9 Å². The summed E-state index contributed by atoms with van der Waals surface area (Å²) in [7, 11) is 0. The first kappa shape index (κ1) is 21.8. The average molecular weight is 428 g/mol. The molecule has 1 aliphatic rings. The first-order chi connectivity index (χ1) is 15.6. The van der Waals surface area contributed by atoms with Crippen LogP contribution in [0.5, 0.6) is 0 Å². The molecule has 4 rings (SSSR count). The molecular weight excluding hydrogens is 398 g/mol. The Morgan fingerprint density at radius 3 is 2.19 bits per heavy atom. The van der Waals surface area contributed by atoms with Crippen LogP contribution in [-0.4, -0.2) is 40.7 Å². The molecular formula is C27H29N3O2. The Kier molecular flexibility index (Phi) is 6.97. The van der Waals surface area contributed by atoms with Crippen molar-refractivity contribution in [3.8, 4) is 0 Å². The summed E-state index contributed by atoms with van der Waals surface area (Å²) in [6.45, 7) is 4.58. The largest absolute Gasteiger partial charge is 0.336 e. The minimum Gasteiger partial charge on any atom is -0.336 e. The summed E-state index contributed by atoms with van der Waals surface area (Å²) in [6.07, 6.45) is 0.130. The zero-order valence-corrected chi connectivity index (χ0v) is 18.4. The molecule has 2 amide bonds. The van der Waals surface area contributed by atoms with Crippen molar-refractivity contribution in [1.29, 1.82) is 0 Å². The number of carbonyl (C=O) groups is 2. The van der Waals surface area contributed by atoms with Crippen LogP contribution in [0.2, 0.25) is 0 Å². The van der Waals surface area contributed by atoms with Gasteiger partial charge in [-0.15, -0.1) is 0 Å². The van der Waals surface area contributed by atoms with E-state index in [1.807, 2.05) is 84.6 Å². The van der Waals surface area contributed by atoms with E-state index in [2.05, 4.69) is 22.3 Å². The third-order valence-corrected chi connectivity index (χ3v) is 5.82. The van der Waals surface area contributed by atoms with Gasteiger partial charge in [0.2, 0.25) is 11.8 Å². The molecule has 5 nitrogen and oxygen atoms in total. The second kappa shape index (κ2) is 10.2. The van der Waals surface area contributed by atoms with Gasteiger partial charge < -0.3 is 10.2 Å². The summed E-state index contributed by atoms with van der Waals surface area (Å²) in [5, 5.41) is 2.96. The number of carbonyl (C=O) groups excluding carboxylic acids is 2. The molecule has 164 valence electrons. The molecule has 0 aliphatic carbocycles. The van der Waals surface area contributed by atoms with Gasteiger partial charge in [-0.05, 0) is 35.7 Å². The first-order valence-electron chi connectivity index (χ1n) is 11.1. The van der Waals surface area contributed by atoms with Gasteiger partial charge in [0.15, 0.2) is 0 Å². The van der Waals surface area contributed by atoms with E-state index in [0.717, 1.165) is 28.9 Å². The highest BCUT2D eigenvalue weighted by Gasteiger charge is 2.36. The van der Waals surface area contributed by atoms with Crippen molar-refractivity contribution in [1.82, 2.24) is 9.80 Å². The van der Waals surface area contributed by atoms with Gasteiger partial charge in [0.25, 0.3) is 0 Å². The van der Waals surface area contributed by atoms with Gasteiger partial charge in [-0.1, -0.05) is 72.8 Å². The second-order valence-electron chi connectivity index (χ2n) is 8.34. The number of aryl methyl sites for hydroxylation is 1. The molecule has 1 aliphatic heterocycles. The Bertz CT molecular complexity index is 1050. The van der Waals surface area contributed by atoms with Crippen LogP contribution in [0, 0.1) is 6.92 Å². The van der Waals surface area contributed by atoms with Crippen LogP contribution in [0.1, 0.15) is 23.1 Å². The molecule has 0 bridgehead atoms. The highest BCUT2D eigenvalue weighted by atomic mass is 16.2. The van der Waals surface area contributed by atoms with Gasteiger partial charge in [0.1, 0.15) is 0 Å². The fourth-order valence-corrected chi connectivity index (χ4v) is 4.18. The van der Waals surface area contributed by atoms with Crippen molar-refractivity contribution in [2.75, 3.05) is 18.4 Å². The SMILES string of the molecule is Cc1cccc(NC(=O)C[C@@H]2C(=O)N(Cc3ccccc3)CCN2Cc2ccccc2)c1. The molecule has 1 N–H and O–H groups in total. The minimum absolute atomic E-state index is 0.00965. The molecule has 5 heteroatoms. The molecule has 0 saturated carbocycles. The number of nitrogens with zero attached hydrogens (tertiary/aromatic N) is 2. The molecule has 0 aromatic heterocycles. The summed E-state index contributed by atoms with van der Waals surface area (Å²) in [4.78, 5) is 30.4. The smallest absolute Gasteiger partial charge is 0.240 e. The number of benzene rings is 3. The van der Waals surface area contributed by atoms with E-state index in [4.69, 9.17) is 0 Å². The van der Waals surface area contributed by atoms with Crippen LogP contribution >= 0.6 is 0 Å². The molecule has 1 fully saturated rings. The lowest BCUT2D eigenvalue weighted by molar-refractivity contribution is -0.145. The quantitative estimate of drug-likeness (QED) is 0.614. The lowest BCUT2D eigenvalue weighted by Crippen LogP contribution is -2.57. The molecule has 1 saturated heterocycles. The molecule has 0 radical (unpaired) electrons. The number of hydrogen-bond acceptors (Lipinski definition) is 3. The lowest BCUT2D eigenvalue weighted by atomic mass is 10.0. The Labute approximate surface area is 189 Å².